The number of H-pyrrole nitrogens is 1. The third-order valence-electron chi connectivity index (χ3n) is 6.34. The second kappa shape index (κ2) is 8.52. The predicted molar refractivity (Wildman–Crippen MR) is 126 cm³/mol. The average molecular weight is 413 g/mol. The van der Waals surface area contributed by atoms with Gasteiger partial charge in [0.15, 0.2) is 0 Å². The molecule has 2 aromatic heterocycles. The van der Waals surface area contributed by atoms with Crippen LogP contribution in [0, 0.1) is 0 Å². The number of para-hydroxylation sites is 2. The summed E-state index contributed by atoms with van der Waals surface area (Å²) >= 11 is 0. The van der Waals surface area contributed by atoms with Gasteiger partial charge in [0.1, 0.15) is 0 Å². The lowest BCUT2D eigenvalue weighted by Crippen LogP contribution is -2.47. The van der Waals surface area contributed by atoms with E-state index >= 15 is 0 Å². The van der Waals surface area contributed by atoms with E-state index in [0.717, 1.165) is 66.8 Å². The minimum Gasteiger partial charge on any atom is -0.353 e. The first-order valence-corrected chi connectivity index (χ1v) is 11.1. The Hall–Kier alpha value is -3.18. The largest absolute Gasteiger partial charge is 0.353 e. The van der Waals surface area contributed by atoms with Gasteiger partial charge < -0.3 is 14.8 Å². The number of amides is 1. The van der Waals surface area contributed by atoms with Crippen molar-refractivity contribution in [2.75, 3.05) is 33.2 Å². The first kappa shape index (κ1) is 19.8. The third-order valence-corrected chi connectivity index (χ3v) is 6.34. The standard InChI is InChI=1S/C26H28N4O/c1-29-15-17-30(18-16-29)25(31)12-6-9-21-20-8-3-5-11-23(20)28-26(21)24-14-13-19-7-2-4-10-22(19)27-24/h2-5,7-8,10-11,13-14,28H,6,9,12,15-18H2,1H3. The third kappa shape index (κ3) is 4.06. The topological polar surface area (TPSA) is 52.2 Å². The average Bonchev–Trinajstić information content (AvgIpc) is 3.18. The highest BCUT2D eigenvalue weighted by molar-refractivity contribution is 5.91. The van der Waals surface area contributed by atoms with Gasteiger partial charge >= 0.3 is 0 Å². The van der Waals surface area contributed by atoms with Crippen LogP contribution in [-0.2, 0) is 11.2 Å². The van der Waals surface area contributed by atoms with Gasteiger partial charge in [0.25, 0.3) is 0 Å². The van der Waals surface area contributed by atoms with Crippen LogP contribution in [0.15, 0.2) is 60.7 Å². The van der Waals surface area contributed by atoms with Crippen molar-refractivity contribution in [1.29, 1.82) is 0 Å². The van der Waals surface area contributed by atoms with E-state index in [0.29, 0.717) is 6.42 Å². The zero-order valence-electron chi connectivity index (χ0n) is 18.0. The molecule has 0 bridgehead atoms. The smallest absolute Gasteiger partial charge is 0.222 e. The molecule has 1 saturated heterocycles. The molecule has 0 atom stereocenters. The summed E-state index contributed by atoms with van der Waals surface area (Å²) in [5.41, 5.74) is 5.39. The number of nitrogens with zero attached hydrogens (tertiary/aromatic N) is 3. The monoisotopic (exact) mass is 412 g/mol. The quantitative estimate of drug-likeness (QED) is 0.526. The number of rotatable bonds is 5. The van der Waals surface area contributed by atoms with Crippen LogP contribution < -0.4 is 0 Å². The van der Waals surface area contributed by atoms with Crippen LogP contribution in [0.2, 0.25) is 0 Å². The molecule has 5 heteroatoms. The predicted octanol–water partition coefficient (Wildman–Crippen LogP) is 4.48. The fourth-order valence-corrected chi connectivity index (χ4v) is 4.51. The Bertz CT molecular complexity index is 1220. The molecule has 0 radical (unpaired) electrons. The molecule has 1 N–H and O–H groups in total. The fraction of sp³-hybridized carbons (Fsp3) is 0.308. The molecule has 158 valence electrons. The van der Waals surface area contributed by atoms with Crippen LogP contribution in [0.3, 0.4) is 0 Å². The minimum atomic E-state index is 0.276. The van der Waals surface area contributed by atoms with Crippen molar-refractivity contribution in [2.45, 2.75) is 19.3 Å². The number of carbonyl (C=O) groups is 1. The van der Waals surface area contributed by atoms with Crippen molar-refractivity contribution in [3.63, 3.8) is 0 Å². The van der Waals surface area contributed by atoms with E-state index in [1.165, 1.54) is 10.9 Å². The van der Waals surface area contributed by atoms with E-state index in [4.69, 9.17) is 4.98 Å². The SMILES string of the molecule is CN1CCN(C(=O)CCCc2c(-c3ccc4ccccc4n3)[nH]c3ccccc23)CC1. The van der Waals surface area contributed by atoms with Gasteiger partial charge in [-0.3, -0.25) is 4.79 Å². The first-order valence-electron chi connectivity index (χ1n) is 11.1. The van der Waals surface area contributed by atoms with Crippen LogP contribution in [0.1, 0.15) is 18.4 Å². The maximum Gasteiger partial charge on any atom is 0.222 e. The van der Waals surface area contributed by atoms with Crippen LogP contribution in [-0.4, -0.2) is 58.9 Å². The number of hydrogen-bond acceptors (Lipinski definition) is 3. The Morgan fingerprint density at radius 3 is 2.61 bits per heavy atom. The van der Waals surface area contributed by atoms with Crippen molar-refractivity contribution in [2.24, 2.45) is 0 Å². The zero-order chi connectivity index (χ0) is 21.2. The lowest BCUT2D eigenvalue weighted by molar-refractivity contribution is -0.132. The number of aryl methyl sites for hydroxylation is 1. The van der Waals surface area contributed by atoms with Gasteiger partial charge in [0, 0.05) is 48.9 Å². The van der Waals surface area contributed by atoms with Crippen LogP contribution >= 0.6 is 0 Å². The molecular formula is C26H28N4O. The fourth-order valence-electron chi connectivity index (χ4n) is 4.51. The molecule has 2 aromatic carbocycles. The summed E-state index contributed by atoms with van der Waals surface area (Å²) in [5.74, 6) is 0.276. The number of pyridine rings is 1. The number of aromatic nitrogens is 2. The van der Waals surface area contributed by atoms with Gasteiger partial charge in [-0.2, -0.15) is 0 Å². The number of benzene rings is 2. The molecule has 1 aliphatic heterocycles. The molecule has 1 fully saturated rings. The van der Waals surface area contributed by atoms with Gasteiger partial charge in [-0.15, -0.1) is 0 Å². The second-order valence-electron chi connectivity index (χ2n) is 8.45. The first-order chi connectivity index (χ1) is 15.2. The van der Waals surface area contributed by atoms with Crippen LogP contribution in [0.5, 0.6) is 0 Å². The number of hydrogen-bond donors (Lipinski definition) is 1. The minimum absolute atomic E-state index is 0.276. The molecule has 0 unspecified atom stereocenters. The summed E-state index contributed by atoms with van der Waals surface area (Å²) in [4.78, 5) is 25.5. The summed E-state index contributed by atoms with van der Waals surface area (Å²) in [5, 5.41) is 2.36. The van der Waals surface area contributed by atoms with E-state index in [2.05, 4.69) is 65.5 Å². The van der Waals surface area contributed by atoms with E-state index in [-0.39, 0.29) is 5.91 Å². The van der Waals surface area contributed by atoms with Crippen molar-refractivity contribution >= 4 is 27.7 Å². The molecule has 0 saturated carbocycles. The Morgan fingerprint density at radius 1 is 0.968 bits per heavy atom. The van der Waals surface area contributed by atoms with E-state index in [9.17, 15) is 4.79 Å². The molecule has 3 heterocycles. The van der Waals surface area contributed by atoms with Gasteiger partial charge in [-0.1, -0.05) is 42.5 Å². The number of aromatic amines is 1. The number of nitrogens with one attached hydrogen (secondary N) is 1. The van der Waals surface area contributed by atoms with Crippen molar-refractivity contribution in [1.82, 2.24) is 19.8 Å². The molecule has 5 nitrogen and oxygen atoms in total. The summed E-state index contributed by atoms with van der Waals surface area (Å²) in [6, 6.07) is 20.8. The molecule has 0 aliphatic carbocycles. The molecule has 1 aliphatic rings. The molecule has 5 rings (SSSR count). The van der Waals surface area contributed by atoms with E-state index < -0.39 is 0 Å². The van der Waals surface area contributed by atoms with E-state index in [1.807, 2.05) is 17.0 Å². The maximum absolute atomic E-state index is 12.7. The van der Waals surface area contributed by atoms with Crippen molar-refractivity contribution in [3.8, 4) is 11.4 Å². The lowest BCUT2D eigenvalue weighted by atomic mass is 10.0. The number of piperazine rings is 1. The van der Waals surface area contributed by atoms with Gasteiger partial charge in [-0.05, 0) is 43.7 Å². The Kier molecular flexibility index (Phi) is 5.43. The number of carbonyl (C=O) groups excluding carboxylic acids is 1. The number of fused-ring (bicyclic) bond motifs is 2. The molecular weight excluding hydrogens is 384 g/mol. The molecule has 1 amide bonds. The highest BCUT2D eigenvalue weighted by Crippen LogP contribution is 2.31. The Labute approximate surface area is 182 Å². The van der Waals surface area contributed by atoms with Crippen LogP contribution in [0.4, 0.5) is 0 Å². The highest BCUT2D eigenvalue weighted by Gasteiger charge is 2.19. The van der Waals surface area contributed by atoms with Crippen molar-refractivity contribution in [3.05, 3.63) is 66.2 Å². The van der Waals surface area contributed by atoms with Gasteiger partial charge in [0.2, 0.25) is 5.91 Å². The van der Waals surface area contributed by atoms with Gasteiger partial charge in [-0.25, -0.2) is 4.98 Å². The summed E-state index contributed by atoms with van der Waals surface area (Å²) < 4.78 is 0. The lowest BCUT2D eigenvalue weighted by Gasteiger charge is -2.32. The van der Waals surface area contributed by atoms with Crippen molar-refractivity contribution < 1.29 is 4.79 Å². The Balaban J connectivity index is 1.39. The summed E-state index contributed by atoms with van der Waals surface area (Å²) in [7, 11) is 2.11. The van der Waals surface area contributed by atoms with E-state index in [1.54, 1.807) is 0 Å². The summed E-state index contributed by atoms with van der Waals surface area (Å²) in [6.45, 7) is 3.61. The second-order valence-corrected chi connectivity index (χ2v) is 8.45. The number of likely N-dealkylation sites (N-methyl/N-ethyl adjacent to an activating group) is 1. The maximum atomic E-state index is 12.7. The Morgan fingerprint density at radius 2 is 1.74 bits per heavy atom. The summed E-state index contributed by atoms with van der Waals surface area (Å²) in [6.07, 6.45) is 2.29. The van der Waals surface area contributed by atoms with Gasteiger partial charge in [0.05, 0.1) is 16.9 Å². The zero-order valence-corrected chi connectivity index (χ0v) is 18.0. The van der Waals surface area contributed by atoms with Crippen LogP contribution in [0.25, 0.3) is 33.2 Å². The molecule has 0 spiro atoms. The molecule has 4 aromatic rings. The molecule has 31 heavy (non-hydrogen) atoms. The highest BCUT2D eigenvalue weighted by atomic mass is 16.2. The normalized spacial score (nSPS) is 15.1.